The van der Waals surface area contributed by atoms with Crippen LogP contribution in [0.25, 0.3) is 0 Å². The number of rotatable bonds is 9. The third kappa shape index (κ3) is 6.45. The molecule has 0 bridgehead atoms. The highest BCUT2D eigenvalue weighted by Crippen LogP contribution is 2.24. The predicted octanol–water partition coefficient (Wildman–Crippen LogP) is 3.89. The van der Waals surface area contributed by atoms with Crippen molar-refractivity contribution >= 4 is 21.4 Å². The SMILES string of the molecule is CC(C)c1ccc(OCC(O)CN(Cc2ccccc2Cl)C2CCS(=O)(=O)C2)cc1. The Balaban J connectivity index is 1.63. The van der Waals surface area contributed by atoms with E-state index in [0.29, 0.717) is 36.2 Å². The summed E-state index contributed by atoms with van der Waals surface area (Å²) >= 11 is 6.31. The van der Waals surface area contributed by atoms with E-state index in [4.69, 9.17) is 16.3 Å². The number of halogens is 1. The molecule has 2 aromatic carbocycles. The third-order valence-electron chi connectivity index (χ3n) is 5.49. The Morgan fingerprint density at radius 3 is 2.47 bits per heavy atom. The van der Waals surface area contributed by atoms with Gasteiger partial charge in [-0.2, -0.15) is 0 Å². The van der Waals surface area contributed by atoms with Crippen molar-refractivity contribution in [3.8, 4) is 5.75 Å². The predicted molar refractivity (Wildman–Crippen MR) is 121 cm³/mol. The van der Waals surface area contributed by atoms with E-state index in [9.17, 15) is 13.5 Å². The molecule has 0 saturated carbocycles. The van der Waals surface area contributed by atoms with Crippen LogP contribution in [0.15, 0.2) is 48.5 Å². The molecular weight excluding hydrogens is 422 g/mol. The molecule has 164 valence electrons. The van der Waals surface area contributed by atoms with Gasteiger partial charge in [-0.25, -0.2) is 8.42 Å². The first-order valence-corrected chi connectivity index (χ1v) is 12.5. The summed E-state index contributed by atoms with van der Waals surface area (Å²) in [6, 6.07) is 15.3. The molecule has 1 heterocycles. The summed E-state index contributed by atoms with van der Waals surface area (Å²) in [5.41, 5.74) is 2.15. The van der Waals surface area contributed by atoms with Crippen molar-refractivity contribution in [3.63, 3.8) is 0 Å². The summed E-state index contributed by atoms with van der Waals surface area (Å²) in [5, 5.41) is 11.3. The summed E-state index contributed by atoms with van der Waals surface area (Å²) in [4.78, 5) is 2.02. The molecule has 5 nitrogen and oxygen atoms in total. The van der Waals surface area contributed by atoms with Crippen molar-refractivity contribution in [2.45, 2.75) is 44.9 Å². The zero-order valence-corrected chi connectivity index (χ0v) is 19.1. The number of sulfone groups is 1. The molecule has 3 rings (SSSR count). The lowest BCUT2D eigenvalue weighted by molar-refractivity contribution is 0.0525. The van der Waals surface area contributed by atoms with Crippen LogP contribution >= 0.6 is 11.6 Å². The first-order chi connectivity index (χ1) is 14.2. The van der Waals surface area contributed by atoms with E-state index in [2.05, 4.69) is 13.8 Å². The van der Waals surface area contributed by atoms with Crippen molar-refractivity contribution in [2.75, 3.05) is 24.7 Å². The van der Waals surface area contributed by atoms with Gasteiger partial charge < -0.3 is 9.84 Å². The van der Waals surface area contributed by atoms with Gasteiger partial charge in [-0.3, -0.25) is 4.90 Å². The molecule has 1 fully saturated rings. The van der Waals surface area contributed by atoms with Crippen LogP contribution in [-0.4, -0.2) is 55.2 Å². The quantitative estimate of drug-likeness (QED) is 0.626. The molecule has 2 atom stereocenters. The van der Waals surface area contributed by atoms with Crippen molar-refractivity contribution in [1.29, 1.82) is 0 Å². The Labute approximate surface area is 184 Å². The maximum absolute atomic E-state index is 12.0. The molecule has 0 aliphatic carbocycles. The standard InChI is InChI=1S/C23H30ClNO4S/c1-17(2)18-7-9-22(10-8-18)29-15-21(26)14-25(20-11-12-30(27,28)16-20)13-19-5-3-4-6-23(19)24/h3-10,17,20-21,26H,11-16H2,1-2H3. The summed E-state index contributed by atoms with van der Waals surface area (Å²) in [6.07, 6.45) is -0.183. The molecule has 7 heteroatoms. The second-order valence-electron chi connectivity index (χ2n) is 8.27. The highest BCUT2D eigenvalue weighted by molar-refractivity contribution is 7.91. The first kappa shape index (κ1) is 23.1. The van der Waals surface area contributed by atoms with Crippen LogP contribution in [0.5, 0.6) is 5.75 Å². The Bertz CT molecular complexity index is 930. The van der Waals surface area contributed by atoms with Gasteiger partial charge in [0.2, 0.25) is 0 Å². The Kier molecular flexibility index (Phi) is 7.80. The van der Waals surface area contributed by atoms with Gasteiger partial charge in [0.25, 0.3) is 0 Å². The van der Waals surface area contributed by atoms with Gasteiger partial charge in [-0.05, 0) is 41.7 Å². The van der Waals surface area contributed by atoms with Crippen LogP contribution in [-0.2, 0) is 16.4 Å². The molecule has 1 saturated heterocycles. The molecule has 2 aromatic rings. The third-order valence-corrected chi connectivity index (χ3v) is 7.61. The van der Waals surface area contributed by atoms with Gasteiger partial charge in [0.1, 0.15) is 18.5 Å². The van der Waals surface area contributed by atoms with E-state index in [0.717, 1.165) is 5.56 Å². The second-order valence-corrected chi connectivity index (χ2v) is 10.9. The molecule has 0 spiro atoms. The minimum Gasteiger partial charge on any atom is -0.491 e. The average Bonchev–Trinajstić information content (AvgIpc) is 3.07. The van der Waals surface area contributed by atoms with E-state index < -0.39 is 15.9 Å². The minimum absolute atomic E-state index is 0.113. The lowest BCUT2D eigenvalue weighted by Crippen LogP contribution is -2.42. The molecule has 30 heavy (non-hydrogen) atoms. The number of nitrogens with zero attached hydrogens (tertiary/aromatic N) is 1. The highest BCUT2D eigenvalue weighted by Gasteiger charge is 2.33. The van der Waals surface area contributed by atoms with Crippen LogP contribution in [0.2, 0.25) is 5.02 Å². The Morgan fingerprint density at radius 2 is 1.87 bits per heavy atom. The van der Waals surface area contributed by atoms with Crippen LogP contribution in [0.1, 0.15) is 37.3 Å². The average molecular weight is 452 g/mol. The van der Waals surface area contributed by atoms with Crippen LogP contribution < -0.4 is 4.74 Å². The molecule has 1 N–H and O–H groups in total. The van der Waals surface area contributed by atoms with Crippen molar-refractivity contribution in [2.24, 2.45) is 0 Å². The van der Waals surface area contributed by atoms with Gasteiger partial charge in [0, 0.05) is 24.2 Å². The highest BCUT2D eigenvalue weighted by atomic mass is 35.5. The normalized spacial score (nSPS) is 19.3. The number of hydrogen-bond acceptors (Lipinski definition) is 5. The number of benzene rings is 2. The zero-order chi connectivity index (χ0) is 21.7. The largest absolute Gasteiger partial charge is 0.491 e. The van der Waals surface area contributed by atoms with Gasteiger partial charge in [-0.1, -0.05) is 55.8 Å². The molecular formula is C23H30ClNO4S. The summed E-state index contributed by atoms with van der Waals surface area (Å²) in [5.74, 6) is 1.46. The summed E-state index contributed by atoms with van der Waals surface area (Å²) in [6.45, 7) is 5.21. The molecule has 0 aromatic heterocycles. The van der Waals surface area contributed by atoms with Gasteiger partial charge >= 0.3 is 0 Å². The maximum atomic E-state index is 12.0. The zero-order valence-electron chi connectivity index (χ0n) is 17.5. The summed E-state index contributed by atoms with van der Waals surface area (Å²) < 4.78 is 29.8. The smallest absolute Gasteiger partial charge is 0.151 e. The summed E-state index contributed by atoms with van der Waals surface area (Å²) in [7, 11) is -3.03. The van der Waals surface area contributed by atoms with Crippen LogP contribution in [0.3, 0.4) is 0 Å². The van der Waals surface area contributed by atoms with Gasteiger partial charge in [0.05, 0.1) is 11.5 Å². The van der Waals surface area contributed by atoms with E-state index in [1.54, 1.807) is 0 Å². The Morgan fingerprint density at radius 1 is 1.17 bits per heavy atom. The van der Waals surface area contributed by atoms with E-state index in [1.807, 2.05) is 53.4 Å². The van der Waals surface area contributed by atoms with Crippen molar-refractivity contribution < 1.29 is 18.3 Å². The Hall–Kier alpha value is -1.60. The fourth-order valence-electron chi connectivity index (χ4n) is 3.72. The van der Waals surface area contributed by atoms with E-state index >= 15 is 0 Å². The topological polar surface area (TPSA) is 66.8 Å². The van der Waals surface area contributed by atoms with Gasteiger partial charge in [0.15, 0.2) is 9.84 Å². The lowest BCUT2D eigenvalue weighted by Gasteiger charge is -2.30. The number of hydrogen-bond donors (Lipinski definition) is 1. The molecule has 2 unspecified atom stereocenters. The maximum Gasteiger partial charge on any atom is 0.151 e. The fourth-order valence-corrected chi connectivity index (χ4v) is 5.67. The molecule has 0 radical (unpaired) electrons. The van der Waals surface area contributed by atoms with Crippen molar-refractivity contribution in [1.82, 2.24) is 4.90 Å². The van der Waals surface area contributed by atoms with E-state index in [1.165, 1.54) is 5.56 Å². The van der Waals surface area contributed by atoms with E-state index in [-0.39, 0.29) is 24.2 Å². The number of ether oxygens (including phenoxy) is 1. The molecule has 1 aliphatic heterocycles. The molecule has 1 aliphatic rings. The number of aliphatic hydroxyl groups excluding tert-OH is 1. The van der Waals surface area contributed by atoms with Crippen molar-refractivity contribution in [3.05, 3.63) is 64.7 Å². The van der Waals surface area contributed by atoms with Crippen LogP contribution in [0.4, 0.5) is 0 Å². The number of aliphatic hydroxyl groups is 1. The fraction of sp³-hybridized carbons (Fsp3) is 0.478. The minimum atomic E-state index is -3.03. The lowest BCUT2D eigenvalue weighted by atomic mass is 10.0. The first-order valence-electron chi connectivity index (χ1n) is 10.3. The van der Waals surface area contributed by atoms with Gasteiger partial charge in [-0.15, -0.1) is 0 Å². The monoisotopic (exact) mass is 451 g/mol. The molecule has 0 amide bonds. The van der Waals surface area contributed by atoms with Crippen LogP contribution in [0, 0.1) is 0 Å². The second kappa shape index (κ2) is 10.1.